The van der Waals surface area contributed by atoms with Crippen molar-refractivity contribution in [3.8, 4) is 0 Å². The Labute approximate surface area is 179 Å². The maximum atomic E-state index is 12.9. The summed E-state index contributed by atoms with van der Waals surface area (Å²) in [6.07, 6.45) is 11.1. The number of rotatable bonds is 3. The zero-order chi connectivity index (χ0) is 21.1. The maximum absolute atomic E-state index is 12.9. The molecule has 0 bridgehead atoms. The highest BCUT2D eigenvalue weighted by Crippen LogP contribution is 2.67. The van der Waals surface area contributed by atoms with Crippen molar-refractivity contribution in [2.45, 2.75) is 77.9 Å². The number of hydrogen-bond acceptors (Lipinski definition) is 5. The van der Waals surface area contributed by atoms with E-state index in [2.05, 4.69) is 19.9 Å². The number of carbonyl (C=O) groups is 2. The highest BCUT2D eigenvalue weighted by Gasteiger charge is 2.61. The van der Waals surface area contributed by atoms with E-state index in [-0.39, 0.29) is 40.9 Å². The highest BCUT2D eigenvalue weighted by atomic mass is 16.7. The fourth-order valence-electron chi connectivity index (χ4n) is 8.15. The van der Waals surface area contributed by atoms with Crippen molar-refractivity contribution in [1.29, 1.82) is 0 Å². The molecule has 0 N–H and O–H groups in total. The number of hydrogen-bond donors (Lipinski definition) is 0. The Hall–Kier alpha value is -1.20. The lowest BCUT2D eigenvalue weighted by Gasteiger charge is -2.58. The van der Waals surface area contributed by atoms with E-state index in [0.717, 1.165) is 58.2 Å². The van der Waals surface area contributed by atoms with Crippen molar-refractivity contribution in [2.24, 2.45) is 34.5 Å². The summed E-state index contributed by atoms with van der Waals surface area (Å²) in [5, 5.41) is 0. The summed E-state index contributed by atoms with van der Waals surface area (Å²) >= 11 is 0. The number of ketones is 1. The third kappa shape index (κ3) is 3.02. The molecule has 4 aliphatic carbocycles. The van der Waals surface area contributed by atoms with Crippen LogP contribution in [0.3, 0.4) is 0 Å². The molecule has 6 atom stereocenters. The van der Waals surface area contributed by atoms with Crippen LogP contribution in [0.2, 0.25) is 0 Å². The Morgan fingerprint density at radius 1 is 1.07 bits per heavy atom. The number of ether oxygens (including phenoxy) is 3. The Balaban J connectivity index is 1.36. The molecule has 0 radical (unpaired) electrons. The fraction of sp³-hybridized carbons (Fsp3) is 0.840. The van der Waals surface area contributed by atoms with Crippen molar-refractivity contribution < 1.29 is 23.8 Å². The van der Waals surface area contributed by atoms with Crippen LogP contribution in [0, 0.1) is 34.5 Å². The first kappa shape index (κ1) is 20.7. The average Bonchev–Trinajstić information content (AvgIpc) is 3.31. The number of carbonyl (C=O) groups excluding carboxylic acids is 2. The van der Waals surface area contributed by atoms with E-state index in [0.29, 0.717) is 17.8 Å². The van der Waals surface area contributed by atoms with E-state index >= 15 is 0 Å². The van der Waals surface area contributed by atoms with Gasteiger partial charge in [-0.3, -0.25) is 9.59 Å². The summed E-state index contributed by atoms with van der Waals surface area (Å²) in [5.41, 5.74) is 1.85. The van der Waals surface area contributed by atoms with E-state index < -0.39 is 0 Å². The van der Waals surface area contributed by atoms with E-state index in [9.17, 15) is 9.59 Å². The van der Waals surface area contributed by atoms with Crippen LogP contribution in [0.1, 0.15) is 72.1 Å². The minimum Gasteiger partial charge on any atom is -0.458 e. The molecule has 166 valence electrons. The Bertz CT molecular complexity index is 766. The maximum Gasteiger partial charge on any atom is 0.303 e. The van der Waals surface area contributed by atoms with E-state index in [4.69, 9.17) is 14.2 Å². The lowest BCUT2D eigenvalue weighted by molar-refractivity contribution is -0.185. The van der Waals surface area contributed by atoms with Crippen LogP contribution in [0.15, 0.2) is 11.6 Å². The molecule has 5 aliphatic rings. The molecule has 30 heavy (non-hydrogen) atoms. The van der Waals surface area contributed by atoms with Gasteiger partial charge in [-0.25, -0.2) is 0 Å². The van der Waals surface area contributed by atoms with Crippen molar-refractivity contribution in [2.75, 3.05) is 19.8 Å². The summed E-state index contributed by atoms with van der Waals surface area (Å²) in [7, 11) is 0. The standard InChI is InChI=1S/C25H36O5/c1-16(26)28-15-22(27)21-7-6-19-18-5-4-17-14-25(29-12-13-30-25)11-10-23(17,2)20(18)8-9-24(19,21)3/h4,18-21H,5-15H2,1-3H3. The molecule has 4 fully saturated rings. The summed E-state index contributed by atoms with van der Waals surface area (Å²) in [4.78, 5) is 24.1. The van der Waals surface area contributed by atoms with Gasteiger partial charge in [0.15, 0.2) is 11.6 Å². The van der Waals surface area contributed by atoms with Crippen LogP contribution in [0.5, 0.6) is 0 Å². The smallest absolute Gasteiger partial charge is 0.303 e. The van der Waals surface area contributed by atoms with Crippen LogP contribution in [0.25, 0.3) is 0 Å². The van der Waals surface area contributed by atoms with Gasteiger partial charge in [-0.1, -0.05) is 25.5 Å². The van der Waals surface area contributed by atoms with Crippen LogP contribution < -0.4 is 0 Å². The van der Waals surface area contributed by atoms with Gasteiger partial charge in [-0.2, -0.15) is 0 Å². The average molecular weight is 417 g/mol. The van der Waals surface area contributed by atoms with Gasteiger partial charge in [-0.05, 0) is 67.1 Å². The minimum atomic E-state index is -0.366. The van der Waals surface area contributed by atoms with Gasteiger partial charge < -0.3 is 14.2 Å². The van der Waals surface area contributed by atoms with Crippen molar-refractivity contribution in [3.63, 3.8) is 0 Å². The molecule has 1 saturated heterocycles. The van der Waals surface area contributed by atoms with Gasteiger partial charge in [0.25, 0.3) is 0 Å². The zero-order valence-electron chi connectivity index (χ0n) is 18.7. The second kappa shape index (κ2) is 7.16. The van der Waals surface area contributed by atoms with Gasteiger partial charge in [0.1, 0.15) is 6.61 Å². The van der Waals surface area contributed by atoms with Gasteiger partial charge in [0.05, 0.1) is 13.2 Å². The first-order chi connectivity index (χ1) is 14.3. The first-order valence-corrected chi connectivity index (χ1v) is 11.9. The second-order valence-electron chi connectivity index (χ2n) is 11.0. The van der Waals surface area contributed by atoms with Crippen LogP contribution in [0.4, 0.5) is 0 Å². The quantitative estimate of drug-likeness (QED) is 0.503. The molecular weight excluding hydrogens is 380 g/mol. The van der Waals surface area contributed by atoms with Crippen LogP contribution in [-0.2, 0) is 23.8 Å². The number of allylic oxidation sites excluding steroid dienone is 1. The molecule has 0 aromatic heterocycles. The number of esters is 1. The number of Topliss-reactive ketones (excluding diaryl/α,β-unsaturated/α-hetero) is 1. The summed E-state index contributed by atoms with van der Waals surface area (Å²) in [6.45, 7) is 7.59. The molecule has 0 amide bonds. The zero-order valence-corrected chi connectivity index (χ0v) is 18.7. The largest absolute Gasteiger partial charge is 0.458 e. The second-order valence-corrected chi connectivity index (χ2v) is 11.0. The molecule has 3 saturated carbocycles. The summed E-state index contributed by atoms with van der Waals surface area (Å²) in [6, 6.07) is 0. The predicted molar refractivity (Wildman–Crippen MR) is 111 cm³/mol. The molecular formula is C25H36O5. The third-order valence-corrected chi connectivity index (χ3v) is 9.73. The molecule has 0 aromatic rings. The Morgan fingerprint density at radius 2 is 1.83 bits per heavy atom. The van der Waals surface area contributed by atoms with Crippen LogP contribution in [-0.4, -0.2) is 37.4 Å². The van der Waals surface area contributed by atoms with Crippen molar-refractivity contribution in [3.05, 3.63) is 11.6 Å². The Kier molecular flexibility index (Phi) is 4.94. The SMILES string of the molecule is CC(=O)OCC(=O)C1CCC2C3CC=C4CC5(CCC4(C)C3CCC12C)OCCO5. The molecule has 5 nitrogen and oxygen atoms in total. The van der Waals surface area contributed by atoms with Crippen molar-refractivity contribution >= 4 is 11.8 Å². The third-order valence-electron chi connectivity index (χ3n) is 9.73. The van der Waals surface area contributed by atoms with Crippen molar-refractivity contribution in [1.82, 2.24) is 0 Å². The number of fused-ring (bicyclic) bond motifs is 5. The molecule has 5 rings (SSSR count). The molecule has 1 heterocycles. The van der Waals surface area contributed by atoms with Crippen LogP contribution >= 0.6 is 0 Å². The molecule has 0 aromatic carbocycles. The highest BCUT2D eigenvalue weighted by molar-refractivity contribution is 5.85. The molecule has 1 aliphatic heterocycles. The summed E-state index contributed by atoms with van der Waals surface area (Å²) in [5.74, 6) is 1.38. The van der Waals surface area contributed by atoms with E-state index in [1.807, 2.05) is 0 Å². The predicted octanol–water partition coefficient (Wildman–Crippen LogP) is 4.44. The van der Waals surface area contributed by atoms with Gasteiger partial charge in [0.2, 0.25) is 0 Å². The lowest BCUT2D eigenvalue weighted by Crippen LogP contribution is -2.52. The van der Waals surface area contributed by atoms with E-state index in [1.54, 1.807) is 5.57 Å². The fourth-order valence-corrected chi connectivity index (χ4v) is 8.15. The topological polar surface area (TPSA) is 61.8 Å². The monoisotopic (exact) mass is 416 g/mol. The minimum absolute atomic E-state index is 0.0379. The lowest BCUT2D eigenvalue weighted by atomic mass is 9.47. The van der Waals surface area contributed by atoms with E-state index in [1.165, 1.54) is 13.3 Å². The molecule has 6 unspecified atom stereocenters. The molecule has 1 spiro atoms. The first-order valence-electron chi connectivity index (χ1n) is 11.9. The molecule has 5 heteroatoms. The Morgan fingerprint density at radius 3 is 2.57 bits per heavy atom. The van der Waals surface area contributed by atoms with Gasteiger partial charge in [0, 0.05) is 25.7 Å². The van der Waals surface area contributed by atoms with Gasteiger partial charge >= 0.3 is 5.97 Å². The normalized spacial score (nSPS) is 44.0. The summed E-state index contributed by atoms with van der Waals surface area (Å²) < 4.78 is 17.1. The van der Waals surface area contributed by atoms with Gasteiger partial charge in [-0.15, -0.1) is 0 Å².